The maximum absolute atomic E-state index is 9.01. The fourth-order valence-electron chi connectivity index (χ4n) is 2.51. The number of fused-ring (bicyclic) bond motifs is 1. The van der Waals surface area contributed by atoms with Crippen LogP contribution in [-0.2, 0) is 13.1 Å². The molecule has 0 saturated heterocycles. The second-order valence-electron chi connectivity index (χ2n) is 5.45. The molecule has 3 N–H and O–H groups in total. The number of benzene rings is 1. The Bertz CT molecular complexity index is 848. The molecule has 1 aromatic carbocycles. The van der Waals surface area contributed by atoms with E-state index in [1.165, 1.54) is 0 Å². The van der Waals surface area contributed by atoms with E-state index in [2.05, 4.69) is 25.6 Å². The van der Waals surface area contributed by atoms with E-state index in [1.807, 2.05) is 35.8 Å². The number of hydrogen-bond acceptors (Lipinski definition) is 7. The van der Waals surface area contributed by atoms with Crippen LogP contribution in [0.2, 0.25) is 0 Å². The lowest BCUT2D eigenvalue weighted by Crippen LogP contribution is -2.11. The van der Waals surface area contributed by atoms with Crippen molar-refractivity contribution in [3.63, 3.8) is 0 Å². The molecule has 2 heterocycles. The maximum atomic E-state index is 9.01. The van der Waals surface area contributed by atoms with Crippen LogP contribution >= 0.6 is 0 Å². The molecule has 0 saturated carbocycles. The molecule has 0 aliphatic carbocycles. The molecule has 25 heavy (non-hydrogen) atoms. The van der Waals surface area contributed by atoms with Crippen LogP contribution in [0.25, 0.3) is 11.2 Å². The molecule has 0 aliphatic rings. The van der Waals surface area contributed by atoms with Gasteiger partial charge >= 0.3 is 0 Å². The summed E-state index contributed by atoms with van der Waals surface area (Å²) in [4.78, 5) is 13.4. The zero-order valence-corrected chi connectivity index (χ0v) is 14.4. The van der Waals surface area contributed by atoms with Gasteiger partial charge in [0.1, 0.15) is 5.75 Å². The first-order valence-corrected chi connectivity index (χ1v) is 8.19. The third kappa shape index (κ3) is 3.80. The minimum atomic E-state index is 0.0149. The zero-order chi connectivity index (χ0) is 17.6. The molecule has 2 aromatic heterocycles. The van der Waals surface area contributed by atoms with Gasteiger partial charge in [-0.3, -0.25) is 0 Å². The molecule has 0 unspecified atom stereocenters. The number of anilines is 2. The van der Waals surface area contributed by atoms with Crippen molar-refractivity contribution in [2.24, 2.45) is 0 Å². The number of methoxy groups -OCH3 is 1. The number of ether oxygens (including phenoxy) is 1. The van der Waals surface area contributed by atoms with Crippen molar-refractivity contribution in [3.8, 4) is 5.75 Å². The Hall–Kier alpha value is -2.87. The predicted octanol–water partition coefficient (Wildman–Crippen LogP) is 1.87. The fraction of sp³-hybridized carbons (Fsp3) is 0.353. The number of aliphatic hydroxyl groups excluding tert-OH is 1. The van der Waals surface area contributed by atoms with Crippen molar-refractivity contribution in [1.82, 2.24) is 19.5 Å². The van der Waals surface area contributed by atoms with Crippen molar-refractivity contribution in [3.05, 3.63) is 36.2 Å². The summed E-state index contributed by atoms with van der Waals surface area (Å²) in [6.07, 6.45) is 1.76. The van der Waals surface area contributed by atoms with E-state index in [-0.39, 0.29) is 6.61 Å². The monoisotopic (exact) mass is 342 g/mol. The minimum absolute atomic E-state index is 0.0149. The fourth-order valence-corrected chi connectivity index (χ4v) is 2.51. The molecule has 3 aromatic rings. The molecule has 0 radical (unpaired) electrons. The Morgan fingerprint density at radius 2 is 2.12 bits per heavy atom. The van der Waals surface area contributed by atoms with E-state index >= 15 is 0 Å². The van der Waals surface area contributed by atoms with Gasteiger partial charge in [-0.15, -0.1) is 0 Å². The first kappa shape index (κ1) is 17.0. The quantitative estimate of drug-likeness (QED) is 0.575. The Balaban J connectivity index is 1.89. The zero-order valence-electron chi connectivity index (χ0n) is 14.4. The van der Waals surface area contributed by atoms with Crippen LogP contribution in [0.15, 0.2) is 30.6 Å². The topological polar surface area (TPSA) is 97.1 Å². The van der Waals surface area contributed by atoms with Crippen molar-refractivity contribution in [2.75, 3.05) is 30.9 Å². The lowest BCUT2D eigenvalue weighted by molar-refractivity contribution is 0.311. The van der Waals surface area contributed by atoms with Crippen LogP contribution in [0.1, 0.15) is 12.5 Å². The highest BCUT2D eigenvalue weighted by atomic mass is 16.5. The molecule has 0 amide bonds. The lowest BCUT2D eigenvalue weighted by Gasteiger charge is -2.10. The van der Waals surface area contributed by atoms with Gasteiger partial charge in [-0.05, 0) is 24.6 Å². The first-order valence-electron chi connectivity index (χ1n) is 8.19. The molecule has 0 bridgehead atoms. The van der Waals surface area contributed by atoms with Crippen LogP contribution in [-0.4, -0.2) is 44.9 Å². The summed E-state index contributed by atoms with van der Waals surface area (Å²) in [6, 6.07) is 7.85. The Morgan fingerprint density at radius 1 is 1.24 bits per heavy atom. The van der Waals surface area contributed by atoms with Gasteiger partial charge in [0.15, 0.2) is 17.0 Å². The largest absolute Gasteiger partial charge is 0.497 e. The van der Waals surface area contributed by atoms with Crippen LogP contribution in [0.3, 0.4) is 0 Å². The van der Waals surface area contributed by atoms with E-state index in [9.17, 15) is 0 Å². The summed E-state index contributed by atoms with van der Waals surface area (Å²) in [5.74, 6) is 1.93. The number of hydrogen-bond donors (Lipinski definition) is 3. The summed E-state index contributed by atoms with van der Waals surface area (Å²) in [5.41, 5.74) is 2.55. The molecular weight excluding hydrogens is 320 g/mol. The second kappa shape index (κ2) is 7.80. The molecule has 3 rings (SSSR count). The van der Waals surface area contributed by atoms with Gasteiger partial charge in [-0.25, -0.2) is 4.98 Å². The number of aromatic nitrogens is 4. The molecular formula is C17H22N6O2. The number of nitrogens with one attached hydrogen (secondary N) is 2. The molecule has 8 heteroatoms. The third-order valence-electron chi connectivity index (χ3n) is 3.79. The average Bonchev–Trinajstić information content (AvgIpc) is 3.07. The summed E-state index contributed by atoms with van der Waals surface area (Å²) < 4.78 is 7.21. The summed E-state index contributed by atoms with van der Waals surface area (Å²) in [7, 11) is 1.65. The van der Waals surface area contributed by atoms with Crippen molar-refractivity contribution >= 4 is 22.9 Å². The first-order chi connectivity index (χ1) is 12.2. The van der Waals surface area contributed by atoms with Crippen LogP contribution < -0.4 is 15.4 Å². The highest BCUT2D eigenvalue weighted by Gasteiger charge is 2.12. The molecule has 0 aliphatic heterocycles. The van der Waals surface area contributed by atoms with Crippen molar-refractivity contribution in [2.45, 2.75) is 20.0 Å². The van der Waals surface area contributed by atoms with Gasteiger partial charge < -0.3 is 25.0 Å². The van der Waals surface area contributed by atoms with E-state index in [4.69, 9.17) is 9.84 Å². The summed E-state index contributed by atoms with van der Waals surface area (Å²) >= 11 is 0. The lowest BCUT2D eigenvalue weighted by atomic mass is 10.2. The summed E-state index contributed by atoms with van der Waals surface area (Å²) in [5, 5.41) is 15.3. The standard InChI is InChI=1S/C17H22N6O2/c1-3-23-11-20-14-15(21-17(18-7-8-24)22-16(14)23)19-10-12-5-4-6-13(9-12)25-2/h4-6,9,11,24H,3,7-8,10H2,1-2H3,(H2,18,19,21,22). The van der Waals surface area contributed by atoms with Crippen LogP contribution in [0.5, 0.6) is 5.75 Å². The molecule has 0 atom stereocenters. The van der Waals surface area contributed by atoms with Gasteiger partial charge in [0.2, 0.25) is 5.95 Å². The highest BCUT2D eigenvalue weighted by Crippen LogP contribution is 2.22. The number of aliphatic hydroxyl groups is 1. The highest BCUT2D eigenvalue weighted by molar-refractivity contribution is 5.84. The van der Waals surface area contributed by atoms with Gasteiger partial charge in [0.05, 0.1) is 20.0 Å². The van der Waals surface area contributed by atoms with Crippen molar-refractivity contribution in [1.29, 1.82) is 0 Å². The molecule has 0 fully saturated rings. The average molecular weight is 342 g/mol. The number of nitrogens with zero attached hydrogens (tertiary/aromatic N) is 4. The Morgan fingerprint density at radius 3 is 2.88 bits per heavy atom. The van der Waals surface area contributed by atoms with Gasteiger partial charge in [-0.2, -0.15) is 9.97 Å². The normalized spacial score (nSPS) is 10.8. The molecule has 132 valence electrons. The third-order valence-corrected chi connectivity index (χ3v) is 3.79. The van der Waals surface area contributed by atoms with Crippen LogP contribution in [0, 0.1) is 0 Å². The van der Waals surface area contributed by atoms with E-state index in [1.54, 1.807) is 13.4 Å². The maximum Gasteiger partial charge on any atom is 0.226 e. The van der Waals surface area contributed by atoms with Gasteiger partial charge in [0.25, 0.3) is 0 Å². The minimum Gasteiger partial charge on any atom is -0.497 e. The van der Waals surface area contributed by atoms with Crippen molar-refractivity contribution < 1.29 is 9.84 Å². The SMILES string of the molecule is CCn1cnc2c(NCc3cccc(OC)c3)nc(NCCO)nc21. The van der Waals surface area contributed by atoms with E-state index < -0.39 is 0 Å². The number of aryl methyl sites for hydroxylation is 1. The number of rotatable bonds is 8. The predicted molar refractivity (Wildman–Crippen MR) is 96.9 cm³/mol. The molecule has 0 spiro atoms. The summed E-state index contributed by atoms with van der Waals surface area (Å²) in [6.45, 7) is 3.79. The Kier molecular flexibility index (Phi) is 5.30. The number of imidazole rings is 1. The smallest absolute Gasteiger partial charge is 0.226 e. The molecule has 8 nitrogen and oxygen atoms in total. The van der Waals surface area contributed by atoms with Gasteiger partial charge in [0, 0.05) is 19.6 Å². The van der Waals surface area contributed by atoms with Gasteiger partial charge in [-0.1, -0.05) is 12.1 Å². The van der Waals surface area contributed by atoms with E-state index in [0.29, 0.717) is 24.9 Å². The van der Waals surface area contributed by atoms with E-state index in [0.717, 1.165) is 29.0 Å². The van der Waals surface area contributed by atoms with Crippen LogP contribution in [0.4, 0.5) is 11.8 Å². The second-order valence-corrected chi connectivity index (χ2v) is 5.45. The Labute approximate surface area is 145 Å².